The minimum absolute atomic E-state index is 0.362. The number of rotatable bonds is 7. The van der Waals surface area contributed by atoms with Crippen LogP contribution in [0.1, 0.15) is 58.3 Å². The average Bonchev–Trinajstić information content (AvgIpc) is 2.47. The second-order valence-corrected chi connectivity index (χ2v) is 5.31. The summed E-state index contributed by atoms with van der Waals surface area (Å²) in [5.74, 6) is 0. The monoisotopic (exact) mass is 246 g/mol. The second kappa shape index (κ2) is 6.63. The van der Waals surface area contributed by atoms with Gasteiger partial charge < -0.3 is 10.2 Å². The summed E-state index contributed by atoms with van der Waals surface area (Å²) >= 11 is 5.78. The van der Waals surface area contributed by atoms with Crippen LogP contribution in [0.25, 0.3) is 0 Å². The molecule has 0 bridgehead atoms. The first-order valence-corrected chi connectivity index (χ1v) is 6.74. The van der Waals surface area contributed by atoms with E-state index in [9.17, 15) is 10.2 Å². The van der Waals surface area contributed by atoms with Gasteiger partial charge in [-0.3, -0.25) is 0 Å². The molecule has 3 heteroatoms. The maximum atomic E-state index is 10.1. The van der Waals surface area contributed by atoms with E-state index in [2.05, 4.69) is 6.92 Å². The largest absolute Gasteiger partial charge is 0.387 e. The summed E-state index contributed by atoms with van der Waals surface area (Å²) in [6, 6.07) is 0. The van der Waals surface area contributed by atoms with E-state index in [-0.39, 0.29) is 0 Å². The molecule has 0 aliphatic heterocycles. The van der Waals surface area contributed by atoms with Crippen molar-refractivity contribution in [3.05, 3.63) is 11.1 Å². The first-order valence-electron chi connectivity index (χ1n) is 6.36. The van der Waals surface area contributed by atoms with Crippen LogP contribution in [-0.2, 0) is 0 Å². The van der Waals surface area contributed by atoms with E-state index in [0.29, 0.717) is 17.9 Å². The van der Waals surface area contributed by atoms with Crippen LogP contribution >= 0.6 is 11.6 Å². The molecular formula is C13H23ClO2. The van der Waals surface area contributed by atoms with Gasteiger partial charge in [-0.1, -0.05) is 57.0 Å². The van der Waals surface area contributed by atoms with Crippen molar-refractivity contribution in [3.8, 4) is 0 Å². The predicted molar refractivity (Wildman–Crippen MR) is 67.5 cm³/mol. The smallest absolute Gasteiger partial charge is 0.0924 e. The molecule has 16 heavy (non-hydrogen) atoms. The molecular weight excluding hydrogens is 224 g/mol. The molecule has 0 spiro atoms. The van der Waals surface area contributed by atoms with Gasteiger partial charge in [0.2, 0.25) is 0 Å². The zero-order valence-corrected chi connectivity index (χ0v) is 10.8. The Bertz CT molecular complexity index is 240. The Kier molecular flexibility index (Phi) is 5.81. The van der Waals surface area contributed by atoms with Crippen LogP contribution in [0.15, 0.2) is 11.1 Å². The van der Waals surface area contributed by atoms with E-state index in [0.717, 1.165) is 12.8 Å². The molecule has 1 aliphatic carbocycles. The topological polar surface area (TPSA) is 40.5 Å². The maximum absolute atomic E-state index is 10.1. The highest BCUT2D eigenvalue weighted by Gasteiger charge is 2.35. The lowest BCUT2D eigenvalue weighted by Gasteiger charge is -2.20. The Hall–Kier alpha value is -0.0500. The fourth-order valence-corrected chi connectivity index (χ4v) is 2.51. The predicted octanol–water partition coefficient (Wildman–Crippen LogP) is 3.36. The molecule has 0 saturated carbocycles. The van der Waals surface area contributed by atoms with E-state index in [4.69, 9.17) is 11.6 Å². The molecule has 0 aromatic rings. The highest BCUT2D eigenvalue weighted by Crippen LogP contribution is 2.34. The Morgan fingerprint density at radius 3 is 2.50 bits per heavy atom. The zero-order chi connectivity index (χ0) is 12.0. The van der Waals surface area contributed by atoms with Crippen LogP contribution in [0.5, 0.6) is 0 Å². The minimum atomic E-state index is -0.860. The summed E-state index contributed by atoms with van der Waals surface area (Å²) in [6.45, 7) is 2.20. The van der Waals surface area contributed by atoms with Crippen molar-refractivity contribution < 1.29 is 10.2 Å². The van der Waals surface area contributed by atoms with Crippen molar-refractivity contribution in [2.75, 3.05) is 0 Å². The molecule has 0 aromatic carbocycles. The first-order chi connectivity index (χ1) is 7.57. The molecule has 0 radical (unpaired) electrons. The van der Waals surface area contributed by atoms with Gasteiger partial charge in [0.1, 0.15) is 0 Å². The van der Waals surface area contributed by atoms with Crippen molar-refractivity contribution in [2.24, 2.45) is 0 Å². The summed E-state index contributed by atoms with van der Waals surface area (Å²) in [7, 11) is 0. The van der Waals surface area contributed by atoms with E-state index in [1.807, 2.05) is 0 Å². The van der Waals surface area contributed by atoms with Crippen molar-refractivity contribution in [1.82, 2.24) is 0 Å². The number of aliphatic hydroxyl groups excluding tert-OH is 1. The Balaban J connectivity index is 2.14. The maximum Gasteiger partial charge on any atom is 0.0924 e. The number of hydrogen-bond acceptors (Lipinski definition) is 2. The molecule has 1 aliphatic rings. The Labute approximate surface area is 103 Å². The fourth-order valence-electron chi connectivity index (χ4n) is 2.23. The lowest BCUT2D eigenvalue weighted by Crippen LogP contribution is -2.25. The minimum Gasteiger partial charge on any atom is -0.387 e. The molecule has 94 valence electrons. The van der Waals surface area contributed by atoms with Crippen LogP contribution < -0.4 is 0 Å². The quantitative estimate of drug-likeness (QED) is 0.677. The zero-order valence-electron chi connectivity index (χ0n) is 10.1. The third-order valence-corrected chi connectivity index (χ3v) is 3.60. The molecule has 0 amide bonds. The lowest BCUT2D eigenvalue weighted by atomic mass is 9.95. The molecule has 2 unspecified atom stereocenters. The lowest BCUT2D eigenvalue weighted by molar-refractivity contribution is 0.0480. The van der Waals surface area contributed by atoms with Crippen molar-refractivity contribution in [3.63, 3.8) is 0 Å². The molecule has 2 N–H and O–H groups in total. The van der Waals surface area contributed by atoms with Gasteiger partial charge in [-0.05, 0) is 12.5 Å². The van der Waals surface area contributed by atoms with Crippen molar-refractivity contribution in [2.45, 2.75) is 70.0 Å². The van der Waals surface area contributed by atoms with Gasteiger partial charge in [-0.15, -0.1) is 0 Å². The molecule has 0 fully saturated rings. The van der Waals surface area contributed by atoms with E-state index >= 15 is 0 Å². The summed E-state index contributed by atoms with van der Waals surface area (Å²) in [5.41, 5.74) is -0.860. The van der Waals surface area contributed by atoms with Gasteiger partial charge in [0, 0.05) is 11.5 Å². The first kappa shape index (κ1) is 14.0. The second-order valence-electron chi connectivity index (χ2n) is 4.87. The van der Waals surface area contributed by atoms with Crippen LogP contribution in [0.3, 0.4) is 0 Å². The highest BCUT2D eigenvalue weighted by atomic mass is 35.5. The number of halogens is 1. The normalized spacial score (nSPS) is 29.5. The number of unbranched alkanes of at least 4 members (excludes halogenated alkanes) is 5. The fraction of sp³-hybridized carbons (Fsp3) is 0.846. The standard InChI is InChI=1S/C13H23ClO2/c1-2-3-4-5-6-7-8-13(16)9-11(14)12(15)10-13/h9,12,15-16H,2-8,10H2,1H3. The number of hydrogen-bond donors (Lipinski definition) is 2. The molecule has 0 heterocycles. The van der Waals surface area contributed by atoms with E-state index < -0.39 is 11.7 Å². The summed E-state index contributed by atoms with van der Waals surface area (Å²) in [6.07, 6.45) is 9.28. The summed E-state index contributed by atoms with van der Waals surface area (Å²) in [5, 5.41) is 20.0. The van der Waals surface area contributed by atoms with Gasteiger partial charge in [-0.25, -0.2) is 0 Å². The van der Waals surface area contributed by atoms with E-state index in [1.165, 1.54) is 25.7 Å². The van der Waals surface area contributed by atoms with Crippen LogP contribution in [-0.4, -0.2) is 21.9 Å². The van der Waals surface area contributed by atoms with Gasteiger partial charge in [-0.2, -0.15) is 0 Å². The van der Waals surface area contributed by atoms with Gasteiger partial charge in [0.25, 0.3) is 0 Å². The summed E-state index contributed by atoms with van der Waals surface area (Å²) < 4.78 is 0. The molecule has 2 atom stereocenters. The molecule has 2 nitrogen and oxygen atoms in total. The Morgan fingerprint density at radius 1 is 1.31 bits per heavy atom. The average molecular weight is 247 g/mol. The summed E-state index contributed by atoms with van der Waals surface area (Å²) in [4.78, 5) is 0. The molecule has 0 aromatic heterocycles. The Morgan fingerprint density at radius 2 is 1.94 bits per heavy atom. The van der Waals surface area contributed by atoms with Gasteiger partial charge in [0.15, 0.2) is 0 Å². The number of aliphatic hydroxyl groups is 2. The van der Waals surface area contributed by atoms with Gasteiger partial charge >= 0.3 is 0 Å². The van der Waals surface area contributed by atoms with Crippen molar-refractivity contribution >= 4 is 11.6 Å². The third kappa shape index (κ3) is 4.44. The molecule has 1 rings (SSSR count). The van der Waals surface area contributed by atoms with Crippen LogP contribution in [0.4, 0.5) is 0 Å². The SMILES string of the molecule is CCCCCCCCC1(O)C=C(Cl)C(O)C1. The molecule has 0 saturated heterocycles. The van der Waals surface area contributed by atoms with Gasteiger partial charge in [0.05, 0.1) is 11.7 Å². The van der Waals surface area contributed by atoms with Crippen LogP contribution in [0, 0.1) is 0 Å². The third-order valence-electron chi connectivity index (χ3n) is 3.23. The van der Waals surface area contributed by atoms with Crippen LogP contribution in [0.2, 0.25) is 0 Å². The van der Waals surface area contributed by atoms with Crippen molar-refractivity contribution in [1.29, 1.82) is 0 Å². The van der Waals surface area contributed by atoms with E-state index in [1.54, 1.807) is 6.08 Å². The highest BCUT2D eigenvalue weighted by molar-refractivity contribution is 6.30.